The number of hydrogen-bond acceptors (Lipinski definition) is 6. The van der Waals surface area contributed by atoms with Crippen molar-refractivity contribution in [1.29, 1.82) is 0 Å². The molecule has 4 heterocycles. The number of furan rings is 2. The van der Waals surface area contributed by atoms with Gasteiger partial charge in [0.15, 0.2) is 0 Å². The minimum absolute atomic E-state index is 0.0956. The van der Waals surface area contributed by atoms with Crippen molar-refractivity contribution in [2.24, 2.45) is 5.92 Å². The molecule has 3 aromatic rings. The van der Waals surface area contributed by atoms with E-state index in [2.05, 4.69) is 5.32 Å². The number of nitrogens with one attached hydrogen (secondary N) is 1. The van der Waals surface area contributed by atoms with Gasteiger partial charge in [-0.25, -0.2) is 0 Å². The predicted molar refractivity (Wildman–Crippen MR) is 114 cm³/mol. The molecule has 32 heavy (non-hydrogen) atoms. The Labute approximate surface area is 183 Å². The third-order valence-electron chi connectivity index (χ3n) is 5.85. The van der Waals surface area contributed by atoms with Crippen molar-refractivity contribution in [2.75, 3.05) is 38.2 Å². The van der Waals surface area contributed by atoms with Crippen molar-refractivity contribution in [3.05, 3.63) is 54.2 Å². The molecule has 0 spiro atoms. The number of rotatable bonds is 5. The van der Waals surface area contributed by atoms with E-state index in [4.69, 9.17) is 13.6 Å². The van der Waals surface area contributed by atoms with Crippen LogP contribution in [0.15, 0.2) is 51.5 Å². The highest BCUT2D eigenvalue weighted by Crippen LogP contribution is 2.33. The maximum Gasteiger partial charge on any atom is 0.291 e. The summed E-state index contributed by atoms with van der Waals surface area (Å²) in [5.41, 5.74) is 0.861. The van der Waals surface area contributed by atoms with Crippen LogP contribution in [0.25, 0.3) is 11.0 Å². The van der Waals surface area contributed by atoms with Crippen LogP contribution in [-0.4, -0.2) is 60.4 Å². The first-order valence-corrected chi connectivity index (χ1v) is 10.6. The first kappa shape index (κ1) is 20.3. The average molecular weight is 437 g/mol. The number of amides is 3. The summed E-state index contributed by atoms with van der Waals surface area (Å²) in [6.45, 7) is 2.45. The van der Waals surface area contributed by atoms with E-state index >= 15 is 0 Å². The van der Waals surface area contributed by atoms with Gasteiger partial charge in [0.2, 0.25) is 17.6 Å². The second kappa shape index (κ2) is 8.51. The van der Waals surface area contributed by atoms with E-state index in [0.717, 1.165) is 0 Å². The molecule has 0 aliphatic carbocycles. The Bertz CT molecular complexity index is 1150. The molecule has 0 radical (unpaired) electrons. The molecule has 3 amide bonds. The van der Waals surface area contributed by atoms with Gasteiger partial charge in [0.1, 0.15) is 17.0 Å². The zero-order chi connectivity index (χ0) is 22.1. The summed E-state index contributed by atoms with van der Waals surface area (Å²) in [7, 11) is 0. The SMILES string of the molecule is O=C(Nc1c(C(=O)N2CCOCC2)oc2ccccc12)C1CC(=O)N(Cc2ccco2)C1. The number of likely N-dealkylation sites (tertiary alicyclic amines) is 1. The van der Waals surface area contributed by atoms with E-state index in [0.29, 0.717) is 55.3 Å². The lowest BCUT2D eigenvalue weighted by Gasteiger charge is -2.26. The Balaban J connectivity index is 1.37. The van der Waals surface area contributed by atoms with Gasteiger partial charge in [0, 0.05) is 31.4 Å². The molecule has 1 N–H and O–H groups in total. The molecule has 166 valence electrons. The summed E-state index contributed by atoms with van der Waals surface area (Å²) in [5.74, 6) is -0.484. The molecule has 0 bridgehead atoms. The maximum atomic E-state index is 13.1. The number of nitrogens with zero attached hydrogens (tertiary/aromatic N) is 2. The summed E-state index contributed by atoms with van der Waals surface area (Å²) in [5, 5.41) is 3.53. The molecule has 2 fully saturated rings. The minimum atomic E-state index is -0.530. The third kappa shape index (κ3) is 3.87. The Hall–Kier alpha value is -3.59. The van der Waals surface area contributed by atoms with E-state index in [9.17, 15) is 14.4 Å². The smallest absolute Gasteiger partial charge is 0.291 e. The molecule has 2 aliphatic heterocycles. The lowest BCUT2D eigenvalue weighted by molar-refractivity contribution is -0.128. The molecule has 5 rings (SSSR count). The first-order chi connectivity index (χ1) is 15.6. The highest BCUT2D eigenvalue weighted by molar-refractivity contribution is 6.11. The van der Waals surface area contributed by atoms with E-state index in [1.165, 1.54) is 0 Å². The number of carbonyl (C=O) groups is 3. The zero-order valence-corrected chi connectivity index (χ0v) is 17.4. The van der Waals surface area contributed by atoms with Crippen LogP contribution in [0.3, 0.4) is 0 Å². The van der Waals surface area contributed by atoms with Gasteiger partial charge in [-0.05, 0) is 24.3 Å². The van der Waals surface area contributed by atoms with Gasteiger partial charge in [0.05, 0.1) is 31.9 Å². The average Bonchev–Trinajstić information content (AvgIpc) is 3.54. The van der Waals surface area contributed by atoms with E-state index in [1.54, 1.807) is 40.3 Å². The third-order valence-corrected chi connectivity index (χ3v) is 5.85. The van der Waals surface area contributed by atoms with Crippen LogP contribution in [0, 0.1) is 5.92 Å². The lowest BCUT2D eigenvalue weighted by atomic mass is 10.1. The second-order valence-electron chi connectivity index (χ2n) is 7.95. The van der Waals surface area contributed by atoms with Crippen LogP contribution < -0.4 is 5.32 Å². The molecule has 0 saturated carbocycles. The molecule has 1 aromatic carbocycles. The Kier molecular flexibility index (Phi) is 5.40. The molecular formula is C23H23N3O6. The zero-order valence-electron chi connectivity index (χ0n) is 17.4. The van der Waals surface area contributed by atoms with Crippen molar-refractivity contribution >= 4 is 34.4 Å². The van der Waals surface area contributed by atoms with E-state index in [-0.39, 0.29) is 36.4 Å². The highest BCUT2D eigenvalue weighted by atomic mass is 16.5. The van der Waals surface area contributed by atoms with Gasteiger partial charge in [-0.3, -0.25) is 14.4 Å². The Morgan fingerprint density at radius 3 is 2.69 bits per heavy atom. The highest BCUT2D eigenvalue weighted by Gasteiger charge is 2.36. The van der Waals surface area contributed by atoms with Crippen LogP contribution >= 0.6 is 0 Å². The van der Waals surface area contributed by atoms with Gasteiger partial charge >= 0.3 is 0 Å². The first-order valence-electron chi connectivity index (χ1n) is 10.6. The number of fused-ring (bicyclic) bond motifs is 1. The van der Waals surface area contributed by atoms with Crippen molar-refractivity contribution in [2.45, 2.75) is 13.0 Å². The molecule has 2 aliphatic rings. The van der Waals surface area contributed by atoms with Gasteiger partial charge in [-0.15, -0.1) is 0 Å². The standard InChI is InChI=1S/C23H23N3O6/c27-19-12-15(13-26(19)14-16-4-3-9-31-16)22(28)24-20-17-5-1-2-6-18(17)32-21(20)23(29)25-7-10-30-11-8-25/h1-6,9,15H,7-8,10-14H2,(H,24,28). The van der Waals surface area contributed by atoms with Gasteiger partial charge < -0.3 is 28.7 Å². The molecule has 9 heteroatoms. The summed E-state index contributed by atoms with van der Waals surface area (Å²) < 4.78 is 16.5. The van der Waals surface area contributed by atoms with Gasteiger partial charge in [-0.1, -0.05) is 12.1 Å². The van der Waals surface area contributed by atoms with Crippen LogP contribution in [0.1, 0.15) is 22.7 Å². The molecule has 2 saturated heterocycles. The fourth-order valence-electron chi connectivity index (χ4n) is 4.15. The second-order valence-corrected chi connectivity index (χ2v) is 7.95. The quantitative estimate of drug-likeness (QED) is 0.658. The van der Waals surface area contributed by atoms with Crippen molar-refractivity contribution in [1.82, 2.24) is 9.80 Å². The number of ether oxygens (including phenoxy) is 1. The largest absolute Gasteiger partial charge is 0.467 e. The van der Waals surface area contributed by atoms with E-state index < -0.39 is 5.92 Å². The van der Waals surface area contributed by atoms with Gasteiger partial charge in [-0.2, -0.15) is 0 Å². The molecule has 1 atom stereocenters. The van der Waals surface area contributed by atoms with Crippen molar-refractivity contribution < 1.29 is 28.0 Å². The number of carbonyl (C=O) groups excluding carboxylic acids is 3. The maximum absolute atomic E-state index is 13.1. The van der Waals surface area contributed by atoms with Crippen molar-refractivity contribution in [3.63, 3.8) is 0 Å². The van der Waals surface area contributed by atoms with Gasteiger partial charge in [0.25, 0.3) is 5.91 Å². The van der Waals surface area contributed by atoms with Crippen LogP contribution in [0.5, 0.6) is 0 Å². The number of benzene rings is 1. The Morgan fingerprint density at radius 2 is 1.91 bits per heavy atom. The minimum Gasteiger partial charge on any atom is -0.467 e. The monoisotopic (exact) mass is 437 g/mol. The van der Waals surface area contributed by atoms with E-state index in [1.807, 2.05) is 12.1 Å². The van der Waals surface area contributed by atoms with Crippen LogP contribution in [-0.2, 0) is 20.9 Å². The molecule has 9 nitrogen and oxygen atoms in total. The normalized spacial score (nSPS) is 19.0. The summed E-state index contributed by atoms with van der Waals surface area (Å²) in [4.78, 5) is 41.9. The number of morpholine rings is 1. The Morgan fingerprint density at radius 1 is 1.09 bits per heavy atom. The topological polar surface area (TPSA) is 105 Å². The summed E-state index contributed by atoms with van der Waals surface area (Å²) in [6, 6.07) is 10.7. The number of anilines is 1. The fraction of sp³-hybridized carbons (Fsp3) is 0.348. The summed E-state index contributed by atoms with van der Waals surface area (Å²) in [6.07, 6.45) is 1.66. The molecule has 2 aromatic heterocycles. The predicted octanol–water partition coefficient (Wildman–Crippen LogP) is 2.49. The van der Waals surface area contributed by atoms with Crippen LogP contribution in [0.4, 0.5) is 5.69 Å². The number of hydrogen-bond donors (Lipinski definition) is 1. The van der Waals surface area contributed by atoms with Crippen LogP contribution in [0.2, 0.25) is 0 Å². The molecular weight excluding hydrogens is 414 g/mol. The van der Waals surface area contributed by atoms with Crippen molar-refractivity contribution in [3.8, 4) is 0 Å². The molecule has 1 unspecified atom stereocenters. The summed E-state index contributed by atoms with van der Waals surface area (Å²) >= 11 is 0. The number of para-hydroxylation sites is 1. The fourth-order valence-corrected chi connectivity index (χ4v) is 4.15. The lowest BCUT2D eigenvalue weighted by Crippen LogP contribution is -2.40.